The molecule has 0 atom stereocenters. The molecule has 23 heavy (non-hydrogen) atoms. The maximum absolute atomic E-state index is 11.8. The number of hydrogen-bond acceptors (Lipinski definition) is 3. The molecule has 1 aliphatic carbocycles. The fourth-order valence-electron chi connectivity index (χ4n) is 2.60. The molecule has 2 N–H and O–H groups in total. The van der Waals surface area contributed by atoms with Crippen molar-refractivity contribution in [2.45, 2.75) is 31.5 Å². The number of carbonyl (C=O) groups is 1. The van der Waals surface area contributed by atoms with Gasteiger partial charge in [-0.3, -0.25) is 0 Å². The van der Waals surface area contributed by atoms with Crippen LogP contribution in [0, 0.1) is 0 Å². The lowest BCUT2D eigenvalue weighted by atomic mass is 9.86. The first-order chi connectivity index (χ1) is 11.2. The van der Waals surface area contributed by atoms with Crippen molar-refractivity contribution in [3.05, 3.63) is 64.6 Å². The fourth-order valence-corrected chi connectivity index (χ4v) is 3.00. The normalized spacial score (nSPS) is 19.5. The van der Waals surface area contributed by atoms with E-state index in [-0.39, 0.29) is 12.1 Å². The highest BCUT2D eigenvalue weighted by molar-refractivity contribution is 9.10. The van der Waals surface area contributed by atoms with Gasteiger partial charge in [0.15, 0.2) is 0 Å². The molecule has 1 fully saturated rings. The van der Waals surface area contributed by atoms with Crippen LogP contribution in [0.25, 0.3) is 0 Å². The molecule has 4 nitrogen and oxygen atoms in total. The highest BCUT2D eigenvalue weighted by atomic mass is 79.9. The summed E-state index contributed by atoms with van der Waals surface area (Å²) < 4.78 is 6.28. The maximum Gasteiger partial charge on any atom is 0.407 e. The van der Waals surface area contributed by atoms with Gasteiger partial charge in [-0.1, -0.05) is 52.3 Å². The van der Waals surface area contributed by atoms with Gasteiger partial charge in [-0.25, -0.2) is 4.79 Å². The van der Waals surface area contributed by atoms with Crippen molar-refractivity contribution in [3.63, 3.8) is 0 Å². The van der Waals surface area contributed by atoms with Gasteiger partial charge in [0.25, 0.3) is 0 Å². The molecular formula is C18H19BrN2O2. The van der Waals surface area contributed by atoms with E-state index in [4.69, 9.17) is 4.74 Å². The van der Waals surface area contributed by atoms with Gasteiger partial charge in [0, 0.05) is 22.2 Å². The number of ether oxygens (including phenoxy) is 1. The quantitative estimate of drug-likeness (QED) is 0.819. The molecule has 2 aromatic rings. The summed E-state index contributed by atoms with van der Waals surface area (Å²) in [6.45, 7) is 0.305. The van der Waals surface area contributed by atoms with E-state index >= 15 is 0 Å². The molecule has 2 aromatic carbocycles. The average molecular weight is 375 g/mol. The van der Waals surface area contributed by atoms with Crippen LogP contribution in [0.4, 0.5) is 10.5 Å². The first kappa shape index (κ1) is 15.9. The minimum atomic E-state index is -0.347. The van der Waals surface area contributed by atoms with Gasteiger partial charge in [-0.05, 0) is 36.6 Å². The van der Waals surface area contributed by atoms with Crippen LogP contribution in [0.15, 0.2) is 59.1 Å². The Morgan fingerprint density at radius 2 is 1.87 bits per heavy atom. The Kier molecular flexibility index (Phi) is 5.18. The average Bonchev–Trinajstić information content (AvgIpc) is 2.52. The van der Waals surface area contributed by atoms with E-state index in [2.05, 4.69) is 32.6 Å². The summed E-state index contributed by atoms with van der Waals surface area (Å²) in [7, 11) is 0. The zero-order valence-corrected chi connectivity index (χ0v) is 14.3. The Hall–Kier alpha value is -2.01. The minimum Gasteiger partial charge on any atom is -0.445 e. The Labute approximate surface area is 144 Å². The second kappa shape index (κ2) is 7.51. The Balaban J connectivity index is 1.36. The molecule has 0 heterocycles. The largest absolute Gasteiger partial charge is 0.445 e. The van der Waals surface area contributed by atoms with Gasteiger partial charge in [0.1, 0.15) is 6.61 Å². The summed E-state index contributed by atoms with van der Waals surface area (Å²) in [5.41, 5.74) is 2.08. The summed E-state index contributed by atoms with van der Waals surface area (Å²) in [6.07, 6.45) is 1.47. The molecule has 0 aliphatic heterocycles. The van der Waals surface area contributed by atoms with Crippen LogP contribution in [0.2, 0.25) is 0 Å². The first-order valence-electron chi connectivity index (χ1n) is 7.68. The second-order valence-corrected chi connectivity index (χ2v) is 6.64. The van der Waals surface area contributed by atoms with Crippen molar-refractivity contribution in [1.82, 2.24) is 5.32 Å². The third kappa shape index (κ3) is 4.73. The Morgan fingerprint density at radius 1 is 1.09 bits per heavy atom. The topological polar surface area (TPSA) is 50.4 Å². The molecule has 0 spiro atoms. The predicted molar refractivity (Wildman–Crippen MR) is 94.3 cm³/mol. The summed E-state index contributed by atoms with van der Waals surface area (Å²) in [5, 5.41) is 6.36. The van der Waals surface area contributed by atoms with E-state index in [1.165, 1.54) is 0 Å². The predicted octanol–water partition coefficient (Wildman–Crippen LogP) is 4.32. The molecule has 0 radical (unpaired) electrons. The van der Waals surface area contributed by atoms with Gasteiger partial charge in [0.05, 0.1) is 0 Å². The molecule has 0 aromatic heterocycles. The van der Waals surface area contributed by atoms with Crippen LogP contribution in [0.3, 0.4) is 0 Å². The fraction of sp³-hybridized carbons (Fsp3) is 0.278. The first-order valence-corrected chi connectivity index (χ1v) is 8.47. The van der Waals surface area contributed by atoms with Crippen LogP contribution >= 0.6 is 15.9 Å². The Bertz CT molecular complexity index is 657. The lowest BCUT2D eigenvalue weighted by Crippen LogP contribution is -2.49. The molecule has 0 saturated heterocycles. The van der Waals surface area contributed by atoms with Gasteiger partial charge >= 0.3 is 6.09 Å². The van der Waals surface area contributed by atoms with E-state index in [0.717, 1.165) is 28.6 Å². The molecule has 3 rings (SSSR count). The molecule has 120 valence electrons. The van der Waals surface area contributed by atoms with Gasteiger partial charge in [0.2, 0.25) is 0 Å². The number of anilines is 1. The van der Waals surface area contributed by atoms with Crippen molar-refractivity contribution in [1.29, 1.82) is 0 Å². The lowest BCUT2D eigenvalue weighted by molar-refractivity contribution is 0.129. The van der Waals surface area contributed by atoms with Crippen LogP contribution in [-0.2, 0) is 11.3 Å². The monoisotopic (exact) mass is 374 g/mol. The lowest BCUT2D eigenvalue weighted by Gasteiger charge is -2.36. The summed E-state index contributed by atoms with van der Waals surface area (Å²) >= 11 is 3.46. The van der Waals surface area contributed by atoms with E-state index < -0.39 is 0 Å². The van der Waals surface area contributed by atoms with Crippen molar-refractivity contribution in [2.75, 3.05) is 5.32 Å². The second-order valence-electron chi connectivity index (χ2n) is 5.73. The summed E-state index contributed by atoms with van der Waals surface area (Å²) in [6, 6.07) is 18.3. The summed E-state index contributed by atoms with van der Waals surface area (Å²) in [4.78, 5) is 11.8. The number of halogens is 1. The minimum absolute atomic E-state index is 0.183. The smallest absolute Gasteiger partial charge is 0.407 e. The molecule has 1 amide bonds. The number of carbonyl (C=O) groups excluding carboxylic acids is 1. The number of rotatable bonds is 5. The zero-order chi connectivity index (χ0) is 16.1. The number of alkyl carbamates (subject to hydrolysis) is 1. The molecule has 1 aliphatic rings. The summed E-state index contributed by atoms with van der Waals surface area (Å²) in [5.74, 6) is 0. The van der Waals surface area contributed by atoms with Crippen LogP contribution in [0.5, 0.6) is 0 Å². The molecule has 1 saturated carbocycles. The molecular weight excluding hydrogens is 356 g/mol. The van der Waals surface area contributed by atoms with Crippen LogP contribution in [0.1, 0.15) is 18.4 Å². The number of nitrogens with one attached hydrogen (secondary N) is 2. The Morgan fingerprint density at radius 3 is 2.61 bits per heavy atom. The van der Waals surface area contributed by atoms with Gasteiger partial charge < -0.3 is 15.4 Å². The van der Waals surface area contributed by atoms with Crippen molar-refractivity contribution in [2.24, 2.45) is 0 Å². The number of hydrogen-bond donors (Lipinski definition) is 2. The van der Waals surface area contributed by atoms with Crippen molar-refractivity contribution < 1.29 is 9.53 Å². The van der Waals surface area contributed by atoms with Crippen LogP contribution in [-0.4, -0.2) is 18.2 Å². The van der Waals surface area contributed by atoms with E-state index in [1.54, 1.807) is 0 Å². The van der Waals surface area contributed by atoms with Gasteiger partial charge in [-0.15, -0.1) is 0 Å². The zero-order valence-electron chi connectivity index (χ0n) is 12.7. The standard InChI is InChI=1S/C18H19BrN2O2/c19-14-7-4-8-15(9-14)20-16-10-17(11-16)21-18(22)23-12-13-5-2-1-3-6-13/h1-9,16-17,20H,10-12H2,(H,21,22). The number of amides is 1. The molecule has 0 bridgehead atoms. The SMILES string of the molecule is O=C(NC1CC(Nc2cccc(Br)c2)C1)OCc1ccccc1. The van der Waals surface area contributed by atoms with Crippen molar-refractivity contribution in [3.8, 4) is 0 Å². The molecule has 0 unspecified atom stereocenters. The van der Waals surface area contributed by atoms with Gasteiger partial charge in [-0.2, -0.15) is 0 Å². The van der Waals surface area contributed by atoms with E-state index in [1.807, 2.05) is 48.5 Å². The van der Waals surface area contributed by atoms with Crippen molar-refractivity contribution >= 4 is 27.7 Å². The third-order valence-electron chi connectivity index (χ3n) is 3.87. The maximum atomic E-state index is 11.8. The third-order valence-corrected chi connectivity index (χ3v) is 4.36. The highest BCUT2D eigenvalue weighted by Crippen LogP contribution is 2.25. The highest BCUT2D eigenvalue weighted by Gasteiger charge is 2.30. The van der Waals surface area contributed by atoms with Crippen LogP contribution < -0.4 is 10.6 Å². The van der Waals surface area contributed by atoms with E-state index in [9.17, 15) is 4.79 Å². The molecule has 5 heteroatoms. The number of benzene rings is 2. The van der Waals surface area contributed by atoms with E-state index in [0.29, 0.717) is 12.6 Å².